The molecule has 1 aromatic rings. The van der Waals surface area contributed by atoms with Crippen molar-refractivity contribution in [2.24, 2.45) is 5.92 Å². The van der Waals surface area contributed by atoms with Crippen molar-refractivity contribution in [1.29, 1.82) is 0 Å². The molecule has 0 radical (unpaired) electrons. The summed E-state index contributed by atoms with van der Waals surface area (Å²) in [6.45, 7) is 1.73. The fourth-order valence-corrected chi connectivity index (χ4v) is 2.51. The van der Waals surface area contributed by atoms with Gasteiger partial charge in [0.15, 0.2) is 0 Å². The molecule has 1 aromatic carbocycles. The van der Waals surface area contributed by atoms with Crippen molar-refractivity contribution >= 4 is 11.6 Å². The van der Waals surface area contributed by atoms with Crippen molar-refractivity contribution in [1.82, 2.24) is 4.90 Å². The maximum Gasteiger partial charge on any atom is 0.254 e. The Morgan fingerprint density at radius 2 is 2.10 bits per heavy atom. The number of carbonyl (C=O) groups excluding carboxylic acids is 1. The van der Waals surface area contributed by atoms with Crippen molar-refractivity contribution in [3.63, 3.8) is 0 Å². The van der Waals surface area contributed by atoms with E-state index in [4.69, 9.17) is 4.74 Å². The van der Waals surface area contributed by atoms with E-state index in [9.17, 15) is 13.6 Å². The fourth-order valence-electron chi connectivity index (χ4n) is 2.51. The molecule has 0 aromatic heterocycles. The zero-order valence-corrected chi connectivity index (χ0v) is 11.6. The molecular formula is C14H18F2N2O2. The molecular weight excluding hydrogens is 266 g/mol. The fraction of sp³-hybridized carbons (Fsp3) is 0.500. The third kappa shape index (κ3) is 2.90. The summed E-state index contributed by atoms with van der Waals surface area (Å²) in [7, 11) is 3.05. The van der Waals surface area contributed by atoms with Crippen molar-refractivity contribution in [3.05, 3.63) is 29.3 Å². The van der Waals surface area contributed by atoms with E-state index >= 15 is 0 Å². The Morgan fingerprint density at radius 3 is 2.65 bits per heavy atom. The average molecular weight is 284 g/mol. The van der Waals surface area contributed by atoms with Crippen LogP contribution in [0.2, 0.25) is 0 Å². The SMILES string of the molecule is CNc1c(F)cc(C(=O)N2CCC(COC)C2)cc1F. The minimum absolute atomic E-state index is 0.0390. The summed E-state index contributed by atoms with van der Waals surface area (Å²) in [5.74, 6) is -1.58. The average Bonchev–Trinajstić information content (AvgIpc) is 2.86. The number of hydrogen-bond donors (Lipinski definition) is 1. The summed E-state index contributed by atoms with van der Waals surface area (Å²) < 4.78 is 32.4. The van der Waals surface area contributed by atoms with Crippen LogP contribution in [-0.4, -0.2) is 44.7 Å². The van der Waals surface area contributed by atoms with Crippen LogP contribution < -0.4 is 5.32 Å². The number of ether oxygens (including phenoxy) is 1. The molecule has 1 N–H and O–H groups in total. The van der Waals surface area contributed by atoms with Gasteiger partial charge in [-0.25, -0.2) is 8.78 Å². The lowest BCUT2D eigenvalue weighted by atomic mass is 10.1. The van der Waals surface area contributed by atoms with Gasteiger partial charge in [0.2, 0.25) is 0 Å². The number of rotatable bonds is 4. The van der Waals surface area contributed by atoms with E-state index in [2.05, 4.69) is 5.32 Å². The van der Waals surface area contributed by atoms with Gasteiger partial charge in [-0.3, -0.25) is 4.79 Å². The van der Waals surface area contributed by atoms with Crippen molar-refractivity contribution in [2.75, 3.05) is 39.2 Å². The van der Waals surface area contributed by atoms with E-state index in [-0.39, 0.29) is 23.1 Å². The Hall–Kier alpha value is -1.69. The minimum atomic E-state index is -0.761. The lowest BCUT2D eigenvalue weighted by molar-refractivity contribution is 0.0774. The van der Waals surface area contributed by atoms with Crippen LogP contribution in [0.25, 0.3) is 0 Å². The molecule has 1 saturated heterocycles. The predicted molar refractivity (Wildman–Crippen MR) is 71.8 cm³/mol. The number of hydrogen-bond acceptors (Lipinski definition) is 3. The number of carbonyl (C=O) groups is 1. The van der Waals surface area contributed by atoms with Gasteiger partial charge < -0.3 is 15.0 Å². The zero-order valence-electron chi connectivity index (χ0n) is 11.6. The van der Waals surface area contributed by atoms with Gasteiger partial charge >= 0.3 is 0 Å². The lowest BCUT2D eigenvalue weighted by Gasteiger charge is -2.17. The van der Waals surface area contributed by atoms with E-state index in [1.807, 2.05) is 0 Å². The Balaban J connectivity index is 2.14. The molecule has 20 heavy (non-hydrogen) atoms. The molecule has 1 amide bonds. The van der Waals surface area contributed by atoms with Crippen molar-refractivity contribution in [2.45, 2.75) is 6.42 Å². The van der Waals surface area contributed by atoms with E-state index in [1.165, 1.54) is 7.05 Å². The van der Waals surface area contributed by atoms with Gasteiger partial charge in [0.1, 0.15) is 17.3 Å². The first-order valence-electron chi connectivity index (χ1n) is 6.51. The molecule has 2 rings (SSSR count). The number of likely N-dealkylation sites (tertiary alicyclic amines) is 1. The van der Waals surface area contributed by atoms with Crippen LogP contribution in [-0.2, 0) is 4.74 Å². The molecule has 1 aliphatic rings. The topological polar surface area (TPSA) is 41.6 Å². The second kappa shape index (κ2) is 6.17. The van der Waals surface area contributed by atoms with Crippen LogP contribution in [0.5, 0.6) is 0 Å². The first-order valence-corrected chi connectivity index (χ1v) is 6.51. The first kappa shape index (κ1) is 14.7. The molecule has 1 aliphatic heterocycles. The second-order valence-corrected chi connectivity index (χ2v) is 4.93. The van der Waals surface area contributed by atoms with Crippen LogP contribution in [0.15, 0.2) is 12.1 Å². The number of anilines is 1. The summed E-state index contributed by atoms with van der Waals surface area (Å²) in [6, 6.07) is 2.14. The van der Waals surface area contributed by atoms with Crippen LogP contribution >= 0.6 is 0 Å². The maximum atomic E-state index is 13.7. The summed E-state index contributed by atoms with van der Waals surface area (Å²) in [5.41, 5.74) is -0.183. The van der Waals surface area contributed by atoms with Gasteiger partial charge in [-0.1, -0.05) is 0 Å². The lowest BCUT2D eigenvalue weighted by Crippen LogP contribution is -2.29. The van der Waals surface area contributed by atoms with Crippen LogP contribution in [0, 0.1) is 17.6 Å². The summed E-state index contributed by atoms with van der Waals surface area (Å²) in [6.07, 6.45) is 0.846. The molecule has 0 spiro atoms. The molecule has 1 atom stereocenters. The van der Waals surface area contributed by atoms with Crippen LogP contribution in [0.1, 0.15) is 16.8 Å². The van der Waals surface area contributed by atoms with E-state index < -0.39 is 11.6 Å². The highest BCUT2D eigenvalue weighted by Crippen LogP contribution is 2.23. The summed E-state index contributed by atoms with van der Waals surface area (Å²) >= 11 is 0. The molecule has 6 heteroatoms. The van der Waals surface area contributed by atoms with Gasteiger partial charge in [0.05, 0.1) is 6.61 Å². The second-order valence-electron chi connectivity index (χ2n) is 4.93. The van der Waals surface area contributed by atoms with Crippen molar-refractivity contribution < 1.29 is 18.3 Å². The quantitative estimate of drug-likeness (QED) is 0.920. The standard InChI is InChI=1S/C14H18F2N2O2/c1-17-13-11(15)5-10(6-12(13)16)14(19)18-4-3-9(7-18)8-20-2/h5-6,9,17H,3-4,7-8H2,1-2H3. The molecule has 4 nitrogen and oxygen atoms in total. The number of nitrogens with one attached hydrogen (secondary N) is 1. The third-order valence-corrected chi connectivity index (χ3v) is 3.51. The zero-order chi connectivity index (χ0) is 14.7. The van der Waals surface area contributed by atoms with Gasteiger partial charge in [0, 0.05) is 38.7 Å². The van der Waals surface area contributed by atoms with Gasteiger partial charge in [-0.05, 0) is 18.6 Å². The number of amides is 1. The predicted octanol–water partition coefficient (Wildman–Crippen LogP) is 2.12. The number of benzene rings is 1. The Morgan fingerprint density at radius 1 is 1.45 bits per heavy atom. The molecule has 1 heterocycles. The Bertz CT molecular complexity index is 485. The smallest absolute Gasteiger partial charge is 0.254 e. The van der Waals surface area contributed by atoms with Crippen LogP contribution in [0.4, 0.5) is 14.5 Å². The third-order valence-electron chi connectivity index (χ3n) is 3.51. The van der Waals surface area contributed by atoms with Crippen molar-refractivity contribution in [3.8, 4) is 0 Å². The highest BCUT2D eigenvalue weighted by Gasteiger charge is 2.27. The molecule has 110 valence electrons. The first-order chi connectivity index (χ1) is 9.56. The highest BCUT2D eigenvalue weighted by molar-refractivity contribution is 5.94. The van der Waals surface area contributed by atoms with E-state index in [1.54, 1.807) is 12.0 Å². The van der Waals surface area contributed by atoms with Gasteiger partial charge in [-0.2, -0.15) is 0 Å². The highest BCUT2D eigenvalue weighted by atomic mass is 19.1. The number of methoxy groups -OCH3 is 1. The maximum absolute atomic E-state index is 13.7. The molecule has 0 aliphatic carbocycles. The molecule has 1 unspecified atom stereocenters. The van der Waals surface area contributed by atoms with E-state index in [0.717, 1.165) is 18.6 Å². The number of halogens is 2. The monoisotopic (exact) mass is 284 g/mol. The summed E-state index contributed by atoms with van der Waals surface area (Å²) in [5, 5.41) is 2.43. The summed E-state index contributed by atoms with van der Waals surface area (Å²) in [4.78, 5) is 13.8. The van der Waals surface area contributed by atoms with Crippen LogP contribution in [0.3, 0.4) is 0 Å². The van der Waals surface area contributed by atoms with E-state index in [0.29, 0.717) is 19.7 Å². The Kier molecular flexibility index (Phi) is 4.54. The van der Waals surface area contributed by atoms with Gasteiger partial charge in [0.25, 0.3) is 5.91 Å². The largest absolute Gasteiger partial charge is 0.384 e. The number of nitrogens with zero attached hydrogens (tertiary/aromatic N) is 1. The molecule has 0 bridgehead atoms. The Labute approximate surface area is 116 Å². The minimum Gasteiger partial charge on any atom is -0.384 e. The normalized spacial score (nSPS) is 18.4. The molecule has 0 saturated carbocycles. The van der Waals surface area contributed by atoms with Gasteiger partial charge in [-0.15, -0.1) is 0 Å². The molecule has 1 fully saturated rings.